The number of nitrogens with one attached hydrogen (secondary N) is 1. The number of halogens is 1. The molecule has 0 aliphatic heterocycles. The van der Waals surface area contributed by atoms with Gasteiger partial charge in [-0.2, -0.15) is 0 Å². The minimum atomic E-state index is -3.51. The number of ether oxygens (including phenoxy) is 1. The summed E-state index contributed by atoms with van der Waals surface area (Å²) in [6, 6.07) is 3.72. The zero-order chi connectivity index (χ0) is 15.0. The van der Waals surface area contributed by atoms with Crippen LogP contribution in [0.3, 0.4) is 0 Å². The molecule has 5 nitrogen and oxygen atoms in total. The zero-order valence-corrected chi connectivity index (χ0v) is 11.8. The summed E-state index contributed by atoms with van der Waals surface area (Å²) in [6.45, 7) is -0.0516. The SMILES string of the molecule is COCCCS(=O)(=O)Nc1ccc(F)c(C#CCO)c1. The van der Waals surface area contributed by atoms with Gasteiger partial charge in [-0.05, 0) is 24.6 Å². The standard InChI is InChI=1S/C13H16FNO4S/c1-19-8-3-9-20(17,18)15-12-5-6-13(14)11(10-12)4-2-7-16/h5-6,10,15-16H,3,7-9H2,1H3. The molecule has 0 bridgehead atoms. The van der Waals surface area contributed by atoms with E-state index in [1.807, 2.05) is 0 Å². The average molecular weight is 301 g/mol. The lowest BCUT2D eigenvalue weighted by atomic mass is 10.2. The fourth-order valence-corrected chi connectivity index (χ4v) is 2.53. The molecular formula is C13H16FNO4S. The van der Waals surface area contributed by atoms with Crippen molar-refractivity contribution in [3.8, 4) is 11.8 Å². The first-order valence-corrected chi connectivity index (χ1v) is 7.52. The Labute approximate surface area is 117 Å². The Morgan fingerprint density at radius 1 is 1.45 bits per heavy atom. The molecule has 0 spiro atoms. The normalized spacial score (nSPS) is 10.8. The Hall–Kier alpha value is -1.62. The van der Waals surface area contributed by atoms with E-state index in [1.54, 1.807) is 0 Å². The van der Waals surface area contributed by atoms with Crippen LogP contribution in [0.1, 0.15) is 12.0 Å². The molecule has 0 heterocycles. The molecule has 7 heteroatoms. The predicted molar refractivity (Wildman–Crippen MR) is 74.3 cm³/mol. The predicted octanol–water partition coefficient (Wildman–Crippen LogP) is 0.948. The summed E-state index contributed by atoms with van der Waals surface area (Å²) in [6.07, 6.45) is 0.365. The van der Waals surface area contributed by atoms with Crippen molar-refractivity contribution in [1.82, 2.24) is 0 Å². The van der Waals surface area contributed by atoms with E-state index < -0.39 is 22.4 Å². The highest BCUT2D eigenvalue weighted by molar-refractivity contribution is 7.92. The van der Waals surface area contributed by atoms with Crippen LogP contribution < -0.4 is 4.72 Å². The van der Waals surface area contributed by atoms with Crippen molar-refractivity contribution in [2.75, 3.05) is 30.8 Å². The van der Waals surface area contributed by atoms with E-state index in [1.165, 1.54) is 19.2 Å². The number of benzene rings is 1. The number of sulfonamides is 1. The number of hydrogen-bond acceptors (Lipinski definition) is 4. The fourth-order valence-electron chi connectivity index (χ4n) is 1.44. The first-order chi connectivity index (χ1) is 9.48. The minimum absolute atomic E-state index is 0.0242. The third kappa shape index (κ3) is 5.57. The van der Waals surface area contributed by atoms with E-state index in [9.17, 15) is 12.8 Å². The maximum atomic E-state index is 13.4. The molecule has 2 N–H and O–H groups in total. The molecule has 0 radical (unpaired) electrons. The number of methoxy groups -OCH3 is 1. The first kappa shape index (κ1) is 16.4. The number of anilines is 1. The van der Waals surface area contributed by atoms with Gasteiger partial charge in [-0.25, -0.2) is 12.8 Å². The highest BCUT2D eigenvalue weighted by Crippen LogP contribution is 2.15. The molecule has 1 aromatic carbocycles. The summed E-state index contributed by atoms with van der Waals surface area (Å²) >= 11 is 0. The lowest BCUT2D eigenvalue weighted by molar-refractivity contribution is 0.199. The van der Waals surface area contributed by atoms with Crippen LogP contribution >= 0.6 is 0 Å². The second-order valence-electron chi connectivity index (χ2n) is 3.92. The smallest absolute Gasteiger partial charge is 0.232 e. The number of rotatable bonds is 6. The van der Waals surface area contributed by atoms with Crippen LogP contribution in [0.2, 0.25) is 0 Å². The molecule has 20 heavy (non-hydrogen) atoms. The van der Waals surface area contributed by atoms with Crippen molar-refractivity contribution in [3.63, 3.8) is 0 Å². The Bertz CT molecular complexity index is 605. The van der Waals surface area contributed by atoms with Gasteiger partial charge in [-0.15, -0.1) is 0 Å². The van der Waals surface area contributed by atoms with E-state index >= 15 is 0 Å². The lowest BCUT2D eigenvalue weighted by Gasteiger charge is -2.08. The van der Waals surface area contributed by atoms with Gasteiger partial charge in [-0.3, -0.25) is 4.72 Å². The third-order valence-electron chi connectivity index (χ3n) is 2.30. The van der Waals surface area contributed by atoms with Crippen LogP contribution in [-0.2, 0) is 14.8 Å². The van der Waals surface area contributed by atoms with Crippen LogP contribution in [0.15, 0.2) is 18.2 Å². The van der Waals surface area contributed by atoms with Gasteiger partial charge in [0, 0.05) is 19.4 Å². The molecule has 0 aliphatic carbocycles. The zero-order valence-electron chi connectivity index (χ0n) is 11.0. The van der Waals surface area contributed by atoms with Crippen molar-refractivity contribution < 1.29 is 22.7 Å². The summed E-state index contributed by atoms with van der Waals surface area (Å²) in [7, 11) is -2.01. The van der Waals surface area contributed by atoms with Gasteiger partial charge in [0.15, 0.2) is 0 Å². The van der Waals surface area contributed by atoms with Crippen LogP contribution in [0.5, 0.6) is 0 Å². The largest absolute Gasteiger partial charge is 0.385 e. The van der Waals surface area contributed by atoms with Crippen molar-refractivity contribution in [3.05, 3.63) is 29.6 Å². The van der Waals surface area contributed by atoms with E-state index in [0.717, 1.165) is 6.07 Å². The number of aliphatic hydroxyl groups is 1. The van der Waals surface area contributed by atoms with Crippen LogP contribution in [-0.4, -0.2) is 39.6 Å². The molecule has 1 aromatic rings. The quantitative estimate of drug-likeness (QED) is 0.606. The molecule has 0 saturated carbocycles. The second kappa shape index (κ2) is 7.85. The molecule has 0 amide bonds. The van der Waals surface area contributed by atoms with Gasteiger partial charge >= 0.3 is 0 Å². The Morgan fingerprint density at radius 3 is 2.85 bits per heavy atom. The molecule has 0 saturated heterocycles. The molecule has 0 aliphatic rings. The fraction of sp³-hybridized carbons (Fsp3) is 0.385. The van der Waals surface area contributed by atoms with Gasteiger partial charge in [0.1, 0.15) is 12.4 Å². The van der Waals surface area contributed by atoms with Crippen molar-refractivity contribution >= 4 is 15.7 Å². The monoisotopic (exact) mass is 301 g/mol. The maximum absolute atomic E-state index is 13.4. The Morgan fingerprint density at radius 2 is 2.20 bits per heavy atom. The summed E-state index contributed by atoms with van der Waals surface area (Å²) in [4.78, 5) is 0. The van der Waals surface area contributed by atoms with Crippen molar-refractivity contribution in [2.45, 2.75) is 6.42 Å². The summed E-state index contributed by atoms with van der Waals surface area (Å²) in [5.74, 6) is 4.06. The van der Waals surface area contributed by atoms with Gasteiger partial charge in [0.25, 0.3) is 0 Å². The summed E-state index contributed by atoms with van der Waals surface area (Å²) < 4.78 is 44.0. The Kier molecular flexibility index (Phi) is 6.45. The van der Waals surface area contributed by atoms with Gasteiger partial charge < -0.3 is 9.84 Å². The Balaban J connectivity index is 2.82. The van der Waals surface area contributed by atoms with E-state index in [-0.39, 0.29) is 17.0 Å². The van der Waals surface area contributed by atoms with E-state index in [0.29, 0.717) is 13.0 Å². The average Bonchev–Trinajstić information content (AvgIpc) is 2.39. The molecule has 0 aromatic heterocycles. The van der Waals surface area contributed by atoms with E-state index in [4.69, 9.17) is 9.84 Å². The highest BCUT2D eigenvalue weighted by Gasteiger charge is 2.11. The minimum Gasteiger partial charge on any atom is -0.385 e. The number of hydrogen-bond donors (Lipinski definition) is 2. The number of aliphatic hydroxyl groups excluding tert-OH is 1. The molecular weight excluding hydrogens is 285 g/mol. The summed E-state index contributed by atoms with van der Waals surface area (Å²) in [5.41, 5.74) is 0.252. The molecule has 0 fully saturated rings. The molecule has 0 atom stereocenters. The maximum Gasteiger partial charge on any atom is 0.232 e. The topological polar surface area (TPSA) is 75.6 Å². The highest BCUT2D eigenvalue weighted by atomic mass is 32.2. The first-order valence-electron chi connectivity index (χ1n) is 5.87. The van der Waals surface area contributed by atoms with Gasteiger partial charge in [0.2, 0.25) is 10.0 Å². The summed E-state index contributed by atoms with van der Waals surface area (Å²) in [5, 5.41) is 8.58. The van der Waals surface area contributed by atoms with Crippen molar-refractivity contribution in [2.24, 2.45) is 0 Å². The van der Waals surface area contributed by atoms with Gasteiger partial charge in [0.05, 0.1) is 11.3 Å². The van der Waals surface area contributed by atoms with Gasteiger partial charge in [-0.1, -0.05) is 11.8 Å². The van der Waals surface area contributed by atoms with Crippen LogP contribution in [0, 0.1) is 17.7 Å². The third-order valence-corrected chi connectivity index (χ3v) is 3.68. The van der Waals surface area contributed by atoms with E-state index in [2.05, 4.69) is 16.6 Å². The lowest BCUT2D eigenvalue weighted by Crippen LogP contribution is -2.17. The van der Waals surface area contributed by atoms with Crippen LogP contribution in [0.25, 0.3) is 0 Å². The van der Waals surface area contributed by atoms with Crippen LogP contribution in [0.4, 0.5) is 10.1 Å². The molecule has 1 rings (SSSR count). The molecule has 0 unspecified atom stereocenters. The molecule has 110 valence electrons. The van der Waals surface area contributed by atoms with Crippen molar-refractivity contribution in [1.29, 1.82) is 0 Å². The second-order valence-corrected chi connectivity index (χ2v) is 5.76.